The number of carboxylic acids is 1. The number of hydrogen-bond acceptors (Lipinski definition) is 3. The quantitative estimate of drug-likeness (QED) is 0.815. The summed E-state index contributed by atoms with van der Waals surface area (Å²) in [5.74, 6) is -1.66. The van der Waals surface area contributed by atoms with E-state index < -0.39 is 17.8 Å². The van der Waals surface area contributed by atoms with Crippen LogP contribution < -0.4 is 5.32 Å². The van der Waals surface area contributed by atoms with Crippen molar-refractivity contribution in [1.29, 1.82) is 0 Å². The molecule has 2 N–H and O–H groups in total. The number of nitrogens with one attached hydrogen (secondary N) is 1. The molecule has 1 aliphatic rings. The molecule has 3 atom stereocenters. The zero-order chi connectivity index (χ0) is 13.8. The molecule has 0 bridgehead atoms. The van der Waals surface area contributed by atoms with Gasteiger partial charge in [0.1, 0.15) is 5.76 Å². The van der Waals surface area contributed by atoms with Gasteiger partial charge in [-0.05, 0) is 31.9 Å². The third-order valence-electron chi connectivity index (χ3n) is 3.42. The summed E-state index contributed by atoms with van der Waals surface area (Å²) in [5.41, 5.74) is 0. The average molecular weight is 263 g/mol. The van der Waals surface area contributed by atoms with Crippen LogP contribution in [0.25, 0.3) is 0 Å². The molecule has 19 heavy (non-hydrogen) atoms. The Morgan fingerprint density at radius 2 is 2.05 bits per heavy atom. The minimum absolute atomic E-state index is 0.236. The van der Waals surface area contributed by atoms with Crippen LogP contribution in [-0.2, 0) is 9.59 Å². The fourth-order valence-electron chi connectivity index (χ4n) is 2.31. The number of allylic oxidation sites excluding steroid dienone is 2. The highest BCUT2D eigenvalue weighted by molar-refractivity contribution is 5.85. The van der Waals surface area contributed by atoms with E-state index in [1.54, 1.807) is 18.4 Å². The second kappa shape index (κ2) is 5.73. The van der Waals surface area contributed by atoms with Crippen molar-refractivity contribution in [2.75, 3.05) is 0 Å². The number of carbonyl (C=O) groups is 2. The number of amides is 1. The number of furan rings is 1. The maximum Gasteiger partial charge on any atom is 0.307 e. The molecule has 0 spiro atoms. The van der Waals surface area contributed by atoms with Crippen LogP contribution >= 0.6 is 0 Å². The average Bonchev–Trinajstić information content (AvgIpc) is 2.92. The Balaban J connectivity index is 2.02. The highest BCUT2D eigenvalue weighted by Gasteiger charge is 2.34. The molecule has 0 fully saturated rings. The number of carbonyl (C=O) groups excluding carboxylic acids is 1. The van der Waals surface area contributed by atoms with E-state index in [4.69, 9.17) is 9.52 Å². The van der Waals surface area contributed by atoms with Gasteiger partial charge in [0.15, 0.2) is 0 Å². The van der Waals surface area contributed by atoms with Crippen LogP contribution in [0, 0.1) is 11.8 Å². The van der Waals surface area contributed by atoms with Crippen molar-refractivity contribution in [3.8, 4) is 0 Å². The maximum atomic E-state index is 12.2. The normalized spacial score (nSPS) is 23.8. The summed E-state index contributed by atoms with van der Waals surface area (Å²) in [6.45, 7) is 1.81. The lowest BCUT2D eigenvalue weighted by Gasteiger charge is -2.25. The van der Waals surface area contributed by atoms with E-state index in [1.165, 1.54) is 0 Å². The van der Waals surface area contributed by atoms with Gasteiger partial charge in [-0.15, -0.1) is 0 Å². The SMILES string of the molecule is C[C@H](NC(=O)C1CC=CCC1C(=O)O)c1ccco1. The van der Waals surface area contributed by atoms with E-state index in [0.717, 1.165) is 0 Å². The van der Waals surface area contributed by atoms with Crippen LogP contribution in [0.2, 0.25) is 0 Å². The molecule has 0 aliphatic heterocycles. The van der Waals surface area contributed by atoms with Gasteiger partial charge in [-0.3, -0.25) is 9.59 Å². The van der Waals surface area contributed by atoms with Gasteiger partial charge < -0.3 is 14.8 Å². The topological polar surface area (TPSA) is 79.5 Å². The first-order chi connectivity index (χ1) is 9.09. The van der Waals surface area contributed by atoms with Crippen molar-refractivity contribution < 1.29 is 19.1 Å². The Kier molecular flexibility index (Phi) is 4.04. The lowest BCUT2D eigenvalue weighted by atomic mass is 9.82. The van der Waals surface area contributed by atoms with Gasteiger partial charge >= 0.3 is 5.97 Å². The number of rotatable bonds is 4. The highest BCUT2D eigenvalue weighted by Crippen LogP contribution is 2.27. The monoisotopic (exact) mass is 263 g/mol. The molecular formula is C14H17NO4. The second-order valence-corrected chi connectivity index (χ2v) is 4.74. The van der Waals surface area contributed by atoms with Crippen LogP contribution in [0.5, 0.6) is 0 Å². The number of carboxylic acid groups (broad SMARTS) is 1. The molecule has 1 aromatic heterocycles. The number of aliphatic carboxylic acids is 1. The third-order valence-corrected chi connectivity index (χ3v) is 3.42. The van der Waals surface area contributed by atoms with E-state index in [0.29, 0.717) is 18.6 Å². The van der Waals surface area contributed by atoms with Crippen molar-refractivity contribution in [2.45, 2.75) is 25.8 Å². The summed E-state index contributed by atoms with van der Waals surface area (Å²) in [6.07, 6.45) is 6.09. The minimum atomic E-state index is -0.921. The highest BCUT2D eigenvalue weighted by atomic mass is 16.4. The Morgan fingerprint density at radius 3 is 2.63 bits per heavy atom. The van der Waals surface area contributed by atoms with E-state index in [2.05, 4.69) is 5.32 Å². The predicted molar refractivity (Wildman–Crippen MR) is 68.3 cm³/mol. The van der Waals surface area contributed by atoms with E-state index in [9.17, 15) is 9.59 Å². The summed E-state index contributed by atoms with van der Waals surface area (Å²) >= 11 is 0. The zero-order valence-corrected chi connectivity index (χ0v) is 10.7. The van der Waals surface area contributed by atoms with Crippen LogP contribution in [-0.4, -0.2) is 17.0 Å². The predicted octanol–water partition coefficient (Wildman–Crippen LogP) is 2.12. The van der Waals surface area contributed by atoms with Crippen LogP contribution in [0.4, 0.5) is 0 Å². The Hall–Kier alpha value is -2.04. The van der Waals surface area contributed by atoms with Gasteiger partial charge in [0.25, 0.3) is 0 Å². The molecule has 1 heterocycles. The van der Waals surface area contributed by atoms with Gasteiger partial charge in [-0.25, -0.2) is 0 Å². The van der Waals surface area contributed by atoms with Gasteiger partial charge in [0, 0.05) is 0 Å². The lowest BCUT2D eigenvalue weighted by molar-refractivity contribution is -0.147. The van der Waals surface area contributed by atoms with E-state index in [-0.39, 0.29) is 11.9 Å². The Bertz CT molecular complexity index is 478. The maximum absolute atomic E-state index is 12.2. The van der Waals surface area contributed by atoms with Crippen LogP contribution in [0.1, 0.15) is 31.6 Å². The third kappa shape index (κ3) is 3.05. The van der Waals surface area contributed by atoms with E-state index in [1.807, 2.05) is 19.1 Å². The fourth-order valence-corrected chi connectivity index (χ4v) is 2.31. The number of hydrogen-bond donors (Lipinski definition) is 2. The molecule has 5 heteroatoms. The van der Waals surface area contributed by atoms with Crippen molar-refractivity contribution in [3.63, 3.8) is 0 Å². The second-order valence-electron chi connectivity index (χ2n) is 4.74. The summed E-state index contributed by atoms with van der Waals surface area (Å²) in [6, 6.07) is 3.27. The molecule has 1 aliphatic carbocycles. The first-order valence-corrected chi connectivity index (χ1v) is 6.31. The standard InChI is InChI=1S/C14H17NO4/c1-9(12-7-4-8-19-12)15-13(16)10-5-2-3-6-11(10)14(17)18/h2-4,7-11H,5-6H2,1H3,(H,15,16)(H,17,18)/t9-,10?,11?/m0/s1. The van der Waals surface area contributed by atoms with Crippen LogP contribution in [0.15, 0.2) is 35.0 Å². The van der Waals surface area contributed by atoms with Gasteiger partial charge in [0.05, 0.1) is 24.1 Å². The minimum Gasteiger partial charge on any atom is -0.481 e. The Morgan fingerprint density at radius 1 is 1.37 bits per heavy atom. The van der Waals surface area contributed by atoms with Gasteiger partial charge in [0.2, 0.25) is 5.91 Å². The van der Waals surface area contributed by atoms with Gasteiger partial charge in [-0.1, -0.05) is 12.2 Å². The van der Waals surface area contributed by atoms with Gasteiger partial charge in [-0.2, -0.15) is 0 Å². The molecule has 0 saturated heterocycles. The van der Waals surface area contributed by atoms with E-state index >= 15 is 0 Å². The van der Waals surface area contributed by atoms with Crippen molar-refractivity contribution >= 4 is 11.9 Å². The molecule has 5 nitrogen and oxygen atoms in total. The molecule has 0 aromatic carbocycles. The first kappa shape index (κ1) is 13.4. The van der Waals surface area contributed by atoms with Crippen molar-refractivity contribution in [2.24, 2.45) is 11.8 Å². The van der Waals surface area contributed by atoms with Crippen molar-refractivity contribution in [3.05, 3.63) is 36.3 Å². The first-order valence-electron chi connectivity index (χ1n) is 6.31. The molecular weight excluding hydrogens is 246 g/mol. The molecule has 2 rings (SSSR count). The summed E-state index contributed by atoms with van der Waals surface area (Å²) in [7, 11) is 0. The zero-order valence-electron chi connectivity index (χ0n) is 10.7. The summed E-state index contributed by atoms with van der Waals surface area (Å²) < 4.78 is 5.21. The summed E-state index contributed by atoms with van der Waals surface area (Å²) in [5, 5.41) is 12.0. The largest absolute Gasteiger partial charge is 0.481 e. The van der Waals surface area contributed by atoms with Crippen molar-refractivity contribution in [1.82, 2.24) is 5.32 Å². The smallest absolute Gasteiger partial charge is 0.307 e. The summed E-state index contributed by atoms with van der Waals surface area (Å²) in [4.78, 5) is 23.3. The lowest BCUT2D eigenvalue weighted by Crippen LogP contribution is -2.39. The molecule has 2 unspecified atom stereocenters. The molecule has 0 saturated carbocycles. The molecule has 102 valence electrons. The molecule has 1 aromatic rings. The fraction of sp³-hybridized carbons (Fsp3) is 0.429. The molecule has 0 radical (unpaired) electrons. The Labute approximate surface area is 111 Å². The molecule has 1 amide bonds. The van der Waals surface area contributed by atoms with Crippen LogP contribution in [0.3, 0.4) is 0 Å².